The molecule has 0 unspecified atom stereocenters. The molecule has 100 valence electrons. The van der Waals surface area contributed by atoms with E-state index in [4.69, 9.17) is 5.73 Å². The van der Waals surface area contributed by atoms with Gasteiger partial charge in [0.25, 0.3) is 0 Å². The minimum atomic E-state index is -0.470. The van der Waals surface area contributed by atoms with Gasteiger partial charge in [0.05, 0.1) is 4.92 Å². The number of nitro groups is 1. The first-order valence-electron chi connectivity index (χ1n) is 5.36. The van der Waals surface area contributed by atoms with Gasteiger partial charge in [0, 0.05) is 24.5 Å². The van der Waals surface area contributed by atoms with Crippen LogP contribution in [0.4, 0.5) is 17.2 Å². The molecule has 7 heteroatoms. The summed E-state index contributed by atoms with van der Waals surface area (Å²) in [5.41, 5.74) is 7.14. The predicted octanol–water partition coefficient (Wildman–Crippen LogP) is 2.61. The quantitative estimate of drug-likeness (QED) is 0.663. The van der Waals surface area contributed by atoms with Crippen LogP contribution in [0.5, 0.6) is 0 Å². The van der Waals surface area contributed by atoms with Gasteiger partial charge < -0.3 is 11.1 Å². The van der Waals surface area contributed by atoms with E-state index in [1.54, 1.807) is 6.07 Å². The molecule has 3 N–H and O–H groups in total. The van der Waals surface area contributed by atoms with Crippen molar-refractivity contribution < 1.29 is 4.92 Å². The van der Waals surface area contributed by atoms with Crippen LogP contribution >= 0.6 is 12.4 Å². The molecule has 0 saturated heterocycles. The van der Waals surface area contributed by atoms with E-state index in [1.807, 2.05) is 18.2 Å². The maximum Gasteiger partial charge on any atom is 0.311 e. The van der Waals surface area contributed by atoms with Gasteiger partial charge in [-0.15, -0.1) is 12.4 Å². The standard InChI is InChI=1S/C12H12N4O2.ClH/c13-8-9-3-1-4-10(7-9)15-12-11(16(17)18)5-2-6-14-12;/h1-7H,8,13H2,(H,14,15);1H. The number of hydrogen-bond donors (Lipinski definition) is 2. The van der Waals surface area contributed by atoms with E-state index in [0.717, 1.165) is 11.3 Å². The van der Waals surface area contributed by atoms with Crippen LogP contribution in [-0.2, 0) is 6.54 Å². The van der Waals surface area contributed by atoms with Crippen molar-refractivity contribution in [2.45, 2.75) is 6.54 Å². The van der Waals surface area contributed by atoms with Gasteiger partial charge in [0.1, 0.15) is 0 Å². The lowest BCUT2D eigenvalue weighted by atomic mass is 10.2. The fourth-order valence-corrected chi connectivity index (χ4v) is 1.55. The summed E-state index contributed by atoms with van der Waals surface area (Å²) in [4.78, 5) is 14.3. The first-order chi connectivity index (χ1) is 8.70. The molecule has 0 spiro atoms. The molecule has 0 aliphatic rings. The molecule has 0 saturated carbocycles. The van der Waals surface area contributed by atoms with Crippen LogP contribution in [0.25, 0.3) is 0 Å². The highest BCUT2D eigenvalue weighted by Crippen LogP contribution is 2.24. The van der Waals surface area contributed by atoms with Gasteiger partial charge in [-0.05, 0) is 23.8 Å². The van der Waals surface area contributed by atoms with E-state index >= 15 is 0 Å². The minimum absolute atomic E-state index is 0. The third-order valence-electron chi connectivity index (χ3n) is 2.41. The van der Waals surface area contributed by atoms with E-state index < -0.39 is 4.92 Å². The van der Waals surface area contributed by atoms with Crippen LogP contribution in [-0.4, -0.2) is 9.91 Å². The third kappa shape index (κ3) is 3.64. The van der Waals surface area contributed by atoms with Crippen LogP contribution < -0.4 is 11.1 Å². The molecule has 0 aliphatic heterocycles. The molecule has 0 bridgehead atoms. The van der Waals surface area contributed by atoms with Crippen LogP contribution in [0.2, 0.25) is 0 Å². The van der Waals surface area contributed by atoms with Crippen LogP contribution in [0.15, 0.2) is 42.6 Å². The molecule has 2 rings (SSSR count). The molecule has 0 aliphatic carbocycles. The SMILES string of the molecule is Cl.NCc1cccc(Nc2ncccc2[N+](=O)[O-])c1. The van der Waals surface area contributed by atoms with E-state index in [1.165, 1.54) is 18.3 Å². The van der Waals surface area contributed by atoms with Crippen molar-refractivity contribution in [1.29, 1.82) is 0 Å². The van der Waals surface area contributed by atoms with E-state index in [9.17, 15) is 10.1 Å². The second-order valence-corrected chi connectivity index (χ2v) is 3.66. The summed E-state index contributed by atoms with van der Waals surface area (Å²) in [5.74, 6) is 0.219. The smallest absolute Gasteiger partial charge is 0.311 e. The number of halogens is 1. The molecule has 0 amide bonds. The molecule has 19 heavy (non-hydrogen) atoms. The number of nitrogens with one attached hydrogen (secondary N) is 1. The van der Waals surface area contributed by atoms with Gasteiger partial charge in [-0.25, -0.2) is 4.98 Å². The summed E-state index contributed by atoms with van der Waals surface area (Å²) in [5, 5.41) is 13.8. The zero-order valence-corrected chi connectivity index (χ0v) is 10.8. The van der Waals surface area contributed by atoms with Crippen molar-refractivity contribution >= 4 is 29.6 Å². The summed E-state index contributed by atoms with van der Waals surface area (Å²) >= 11 is 0. The Morgan fingerprint density at radius 1 is 1.32 bits per heavy atom. The Balaban J connectivity index is 0.00000180. The van der Waals surface area contributed by atoms with Gasteiger partial charge in [0.15, 0.2) is 0 Å². The van der Waals surface area contributed by atoms with Gasteiger partial charge in [-0.3, -0.25) is 10.1 Å². The van der Waals surface area contributed by atoms with Crippen molar-refractivity contribution in [2.24, 2.45) is 5.73 Å². The zero-order chi connectivity index (χ0) is 13.0. The lowest BCUT2D eigenvalue weighted by Crippen LogP contribution is -2.01. The summed E-state index contributed by atoms with van der Waals surface area (Å²) in [7, 11) is 0. The third-order valence-corrected chi connectivity index (χ3v) is 2.41. The molecule has 2 aromatic rings. The highest BCUT2D eigenvalue weighted by Gasteiger charge is 2.13. The Morgan fingerprint density at radius 3 is 2.79 bits per heavy atom. The van der Waals surface area contributed by atoms with Crippen LogP contribution in [0, 0.1) is 10.1 Å². The molecular formula is C12H13ClN4O2. The first kappa shape index (κ1) is 14.9. The van der Waals surface area contributed by atoms with Crippen molar-refractivity contribution in [1.82, 2.24) is 4.98 Å². The van der Waals surface area contributed by atoms with E-state index in [2.05, 4.69) is 10.3 Å². The lowest BCUT2D eigenvalue weighted by molar-refractivity contribution is -0.384. The maximum atomic E-state index is 10.8. The van der Waals surface area contributed by atoms with Gasteiger partial charge >= 0.3 is 5.69 Å². The fourth-order valence-electron chi connectivity index (χ4n) is 1.55. The maximum absolute atomic E-state index is 10.8. The number of nitrogens with two attached hydrogens (primary N) is 1. The number of hydrogen-bond acceptors (Lipinski definition) is 5. The van der Waals surface area contributed by atoms with Crippen LogP contribution in [0.1, 0.15) is 5.56 Å². The highest BCUT2D eigenvalue weighted by atomic mass is 35.5. The van der Waals surface area contributed by atoms with Crippen molar-refractivity contribution in [2.75, 3.05) is 5.32 Å². The van der Waals surface area contributed by atoms with Gasteiger partial charge in [0.2, 0.25) is 5.82 Å². The Labute approximate surface area is 116 Å². The Bertz CT molecular complexity index is 577. The molecule has 6 nitrogen and oxygen atoms in total. The number of pyridine rings is 1. The van der Waals surface area contributed by atoms with Gasteiger partial charge in [-0.1, -0.05) is 12.1 Å². The second-order valence-electron chi connectivity index (χ2n) is 3.66. The summed E-state index contributed by atoms with van der Waals surface area (Å²) < 4.78 is 0. The van der Waals surface area contributed by atoms with Gasteiger partial charge in [-0.2, -0.15) is 0 Å². The number of benzene rings is 1. The second kappa shape index (κ2) is 6.67. The number of nitrogens with zero attached hydrogens (tertiary/aromatic N) is 2. The lowest BCUT2D eigenvalue weighted by Gasteiger charge is -2.07. The number of rotatable bonds is 4. The van der Waals surface area contributed by atoms with Crippen LogP contribution in [0.3, 0.4) is 0 Å². The molecule has 0 fully saturated rings. The van der Waals surface area contributed by atoms with E-state index in [-0.39, 0.29) is 23.9 Å². The normalized spacial score (nSPS) is 9.53. The molecule has 0 radical (unpaired) electrons. The molecule has 0 atom stereocenters. The molecule has 1 aromatic carbocycles. The Hall–Kier alpha value is -2.18. The zero-order valence-electron chi connectivity index (χ0n) is 9.95. The average molecular weight is 281 g/mol. The summed E-state index contributed by atoms with van der Waals surface area (Å²) in [6, 6.07) is 10.3. The Morgan fingerprint density at radius 2 is 2.11 bits per heavy atom. The molecule has 1 heterocycles. The Kier molecular flexibility index (Phi) is 5.23. The number of aromatic nitrogens is 1. The van der Waals surface area contributed by atoms with E-state index in [0.29, 0.717) is 6.54 Å². The van der Waals surface area contributed by atoms with Crippen molar-refractivity contribution in [3.05, 3.63) is 58.3 Å². The minimum Gasteiger partial charge on any atom is -0.334 e. The predicted molar refractivity (Wildman–Crippen MR) is 75.8 cm³/mol. The fraction of sp³-hybridized carbons (Fsp3) is 0.0833. The summed E-state index contributed by atoms with van der Waals surface area (Å²) in [6.45, 7) is 0.416. The topological polar surface area (TPSA) is 94.1 Å². The highest BCUT2D eigenvalue weighted by molar-refractivity contribution is 5.85. The average Bonchev–Trinajstić information content (AvgIpc) is 2.39. The molecular weight excluding hydrogens is 268 g/mol. The molecule has 1 aromatic heterocycles. The van der Waals surface area contributed by atoms with Crippen molar-refractivity contribution in [3.8, 4) is 0 Å². The largest absolute Gasteiger partial charge is 0.334 e. The summed E-state index contributed by atoms with van der Waals surface area (Å²) in [6.07, 6.45) is 1.50. The first-order valence-corrected chi connectivity index (χ1v) is 5.36. The van der Waals surface area contributed by atoms with Crippen molar-refractivity contribution in [3.63, 3.8) is 0 Å². The number of anilines is 2. The monoisotopic (exact) mass is 280 g/mol.